The summed E-state index contributed by atoms with van der Waals surface area (Å²) in [5.74, 6) is 0. The molecule has 0 aliphatic rings. The molecule has 0 spiro atoms. The fraction of sp³-hybridized carbons (Fsp3) is 0.143. The van der Waals surface area contributed by atoms with Gasteiger partial charge in [0.25, 0.3) is 0 Å². The van der Waals surface area contributed by atoms with E-state index in [1.807, 2.05) is 35.8 Å². The van der Waals surface area contributed by atoms with Crippen LogP contribution in [0.4, 0.5) is 0 Å². The van der Waals surface area contributed by atoms with Gasteiger partial charge in [-0.15, -0.1) is 0 Å². The van der Waals surface area contributed by atoms with Gasteiger partial charge in [0.15, 0.2) is 10.4 Å². The molecule has 0 saturated carbocycles. The monoisotopic (exact) mass is 333 g/mol. The Morgan fingerprint density at radius 2 is 2.00 bits per heavy atom. The molecule has 0 atom stereocenters. The minimum Gasteiger partial charge on any atom is -0.329 e. The van der Waals surface area contributed by atoms with E-state index in [0.29, 0.717) is 4.77 Å². The van der Waals surface area contributed by atoms with Crippen molar-refractivity contribution in [3.63, 3.8) is 0 Å². The molecule has 3 aromatic rings. The number of fused-ring (bicyclic) bond motifs is 1. The van der Waals surface area contributed by atoms with Crippen molar-refractivity contribution >= 4 is 39.3 Å². The summed E-state index contributed by atoms with van der Waals surface area (Å²) in [7, 11) is 0. The van der Waals surface area contributed by atoms with Crippen molar-refractivity contribution < 1.29 is 0 Å². The van der Waals surface area contributed by atoms with E-state index < -0.39 is 0 Å². The lowest BCUT2D eigenvalue weighted by Gasteiger charge is -2.06. The van der Waals surface area contributed by atoms with E-state index >= 15 is 0 Å². The summed E-state index contributed by atoms with van der Waals surface area (Å²) < 4.78 is 3.72. The van der Waals surface area contributed by atoms with Crippen molar-refractivity contribution in [3.05, 3.63) is 50.8 Å². The number of aryl methyl sites for hydroxylation is 2. The predicted molar refractivity (Wildman–Crippen MR) is 83.4 cm³/mol. The van der Waals surface area contributed by atoms with Crippen LogP contribution in [0, 0.1) is 18.6 Å². The van der Waals surface area contributed by atoms with Crippen molar-refractivity contribution in [2.24, 2.45) is 0 Å². The number of halogens is 1. The molecule has 3 rings (SSSR count). The summed E-state index contributed by atoms with van der Waals surface area (Å²) in [4.78, 5) is 7.77. The molecule has 19 heavy (non-hydrogen) atoms. The summed E-state index contributed by atoms with van der Waals surface area (Å²) in [6, 6.07) is 10.1. The number of nitrogens with zero attached hydrogens (tertiary/aromatic N) is 2. The average molecular weight is 334 g/mol. The zero-order valence-electron chi connectivity index (χ0n) is 10.6. The molecular weight excluding hydrogens is 322 g/mol. The summed E-state index contributed by atoms with van der Waals surface area (Å²) in [5.41, 5.74) is 4.99. The Kier molecular flexibility index (Phi) is 3.03. The van der Waals surface area contributed by atoms with Gasteiger partial charge in [-0.25, -0.2) is 4.98 Å². The third-order valence-corrected chi connectivity index (χ3v) is 4.24. The van der Waals surface area contributed by atoms with E-state index in [9.17, 15) is 0 Å². The molecule has 0 saturated heterocycles. The van der Waals surface area contributed by atoms with E-state index in [0.717, 1.165) is 27.0 Å². The normalized spacial score (nSPS) is 11.1. The highest BCUT2D eigenvalue weighted by atomic mass is 79.9. The van der Waals surface area contributed by atoms with Gasteiger partial charge in [0.05, 0.1) is 11.2 Å². The van der Waals surface area contributed by atoms with Gasteiger partial charge in [-0.2, -0.15) is 0 Å². The van der Waals surface area contributed by atoms with Crippen LogP contribution in [0.1, 0.15) is 11.3 Å². The molecule has 0 aliphatic carbocycles. The largest absolute Gasteiger partial charge is 0.329 e. The SMILES string of the molecule is Cc1ccc2[nH]c(=S)n(-c3ccc(Br)c(C)c3)c2n1. The van der Waals surface area contributed by atoms with Crippen LogP contribution in [0.15, 0.2) is 34.8 Å². The van der Waals surface area contributed by atoms with Crippen LogP contribution in [0.25, 0.3) is 16.9 Å². The number of H-pyrrole nitrogens is 1. The molecule has 2 heterocycles. The highest BCUT2D eigenvalue weighted by Crippen LogP contribution is 2.23. The Bertz CT molecular complexity index is 832. The maximum absolute atomic E-state index is 5.41. The molecule has 0 radical (unpaired) electrons. The lowest BCUT2D eigenvalue weighted by Crippen LogP contribution is -1.97. The highest BCUT2D eigenvalue weighted by Gasteiger charge is 2.08. The first-order valence-corrected chi connectivity index (χ1v) is 7.11. The molecule has 3 nitrogen and oxygen atoms in total. The van der Waals surface area contributed by atoms with E-state index in [1.54, 1.807) is 0 Å². The maximum atomic E-state index is 5.41. The van der Waals surface area contributed by atoms with Gasteiger partial charge in [0.1, 0.15) is 0 Å². The van der Waals surface area contributed by atoms with Crippen molar-refractivity contribution in [3.8, 4) is 5.69 Å². The molecule has 1 N–H and O–H groups in total. The topological polar surface area (TPSA) is 33.6 Å². The molecule has 0 fully saturated rings. The number of hydrogen-bond donors (Lipinski definition) is 1. The number of aromatic amines is 1. The summed E-state index contributed by atoms with van der Waals surface area (Å²) in [6.45, 7) is 4.04. The number of aromatic nitrogens is 3. The van der Waals surface area contributed by atoms with Crippen LogP contribution in [0.5, 0.6) is 0 Å². The second-order valence-electron chi connectivity index (χ2n) is 4.52. The smallest absolute Gasteiger partial charge is 0.183 e. The van der Waals surface area contributed by atoms with Crippen LogP contribution in [0.2, 0.25) is 0 Å². The first-order chi connectivity index (χ1) is 9.06. The third-order valence-electron chi connectivity index (χ3n) is 3.07. The first kappa shape index (κ1) is 12.6. The van der Waals surface area contributed by atoms with E-state index in [-0.39, 0.29) is 0 Å². The molecule has 5 heteroatoms. The van der Waals surface area contributed by atoms with E-state index in [4.69, 9.17) is 12.2 Å². The lowest BCUT2D eigenvalue weighted by atomic mass is 10.2. The van der Waals surface area contributed by atoms with Crippen LogP contribution in [-0.4, -0.2) is 14.5 Å². The van der Waals surface area contributed by atoms with Crippen molar-refractivity contribution in [1.29, 1.82) is 0 Å². The second-order valence-corrected chi connectivity index (χ2v) is 5.76. The van der Waals surface area contributed by atoms with Crippen LogP contribution in [0.3, 0.4) is 0 Å². The van der Waals surface area contributed by atoms with Crippen molar-refractivity contribution in [2.45, 2.75) is 13.8 Å². The minimum absolute atomic E-state index is 0.662. The van der Waals surface area contributed by atoms with Crippen LogP contribution < -0.4 is 0 Å². The number of nitrogens with one attached hydrogen (secondary N) is 1. The zero-order valence-corrected chi connectivity index (χ0v) is 13.0. The summed E-state index contributed by atoms with van der Waals surface area (Å²) in [6.07, 6.45) is 0. The highest BCUT2D eigenvalue weighted by molar-refractivity contribution is 9.10. The second kappa shape index (κ2) is 4.58. The molecule has 0 amide bonds. The van der Waals surface area contributed by atoms with Gasteiger partial charge < -0.3 is 4.98 Å². The fourth-order valence-electron chi connectivity index (χ4n) is 2.09. The van der Waals surface area contributed by atoms with Crippen LogP contribution in [-0.2, 0) is 0 Å². The molecule has 0 bridgehead atoms. The molecule has 1 aromatic carbocycles. The quantitative estimate of drug-likeness (QED) is 0.667. The minimum atomic E-state index is 0.662. The Balaban J connectivity index is 2.35. The standard InChI is InChI=1S/C14H12BrN3S/c1-8-7-10(4-5-11(8)15)18-13-12(17-14(18)19)6-3-9(2)16-13/h3-7H,1-2H3,(H,17,19). The number of benzene rings is 1. The molecular formula is C14H12BrN3S. The lowest BCUT2D eigenvalue weighted by molar-refractivity contribution is 1.03. The number of imidazole rings is 1. The van der Waals surface area contributed by atoms with Gasteiger partial charge in [-0.05, 0) is 62.0 Å². The van der Waals surface area contributed by atoms with Crippen LogP contribution >= 0.6 is 28.1 Å². The van der Waals surface area contributed by atoms with Gasteiger partial charge >= 0.3 is 0 Å². The predicted octanol–water partition coefficient (Wildman–Crippen LogP) is 4.46. The Hall–Kier alpha value is -1.46. The molecule has 0 aliphatic heterocycles. The molecule has 96 valence electrons. The average Bonchev–Trinajstić information content (AvgIpc) is 2.68. The first-order valence-electron chi connectivity index (χ1n) is 5.91. The number of rotatable bonds is 1. The van der Waals surface area contributed by atoms with E-state index in [1.165, 1.54) is 5.56 Å². The Labute approximate surface area is 124 Å². The number of hydrogen-bond acceptors (Lipinski definition) is 2. The van der Waals surface area contributed by atoms with Gasteiger partial charge in [0, 0.05) is 10.2 Å². The maximum Gasteiger partial charge on any atom is 0.183 e. The molecule has 0 unspecified atom stereocenters. The van der Waals surface area contributed by atoms with Gasteiger partial charge in [-0.3, -0.25) is 4.57 Å². The third kappa shape index (κ3) is 2.13. The Morgan fingerprint density at radius 1 is 1.21 bits per heavy atom. The van der Waals surface area contributed by atoms with Crippen molar-refractivity contribution in [1.82, 2.24) is 14.5 Å². The molecule has 2 aromatic heterocycles. The van der Waals surface area contributed by atoms with E-state index in [2.05, 4.69) is 38.9 Å². The van der Waals surface area contributed by atoms with Gasteiger partial charge in [0.2, 0.25) is 0 Å². The van der Waals surface area contributed by atoms with Gasteiger partial charge in [-0.1, -0.05) is 15.9 Å². The number of pyridine rings is 1. The Morgan fingerprint density at radius 3 is 2.74 bits per heavy atom. The van der Waals surface area contributed by atoms with Crippen molar-refractivity contribution in [2.75, 3.05) is 0 Å². The summed E-state index contributed by atoms with van der Waals surface area (Å²) in [5, 5.41) is 0. The fourth-order valence-corrected chi connectivity index (χ4v) is 2.63. The summed E-state index contributed by atoms with van der Waals surface area (Å²) >= 11 is 8.92. The zero-order chi connectivity index (χ0) is 13.6.